The second-order valence-corrected chi connectivity index (χ2v) is 8.36. The zero-order valence-corrected chi connectivity index (χ0v) is 16.8. The van der Waals surface area contributed by atoms with Crippen LogP contribution in [0.4, 0.5) is 5.69 Å². The summed E-state index contributed by atoms with van der Waals surface area (Å²) in [5, 5.41) is 0. The Morgan fingerprint density at radius 2 is 1.96 bits per heavy atom. The van der Waals surface area contributed by atoms with E-state index in [4.69, 9.17) is 9.47 Å². The minimum Gasteiger partial charge on any atom is -0.348 e. The van der Waals surface area contributed by atoms with Crippen molar-refractivity contribution in [2.75, 3.05) is 31.2 Å². The van der Waals surface area contributed by atoms with Gasteiger partial charge in [-0.3, -0.25) is 9.59 Å². The highest BCUT2D eigenvalue weighted by atomic mass is 16.7. The van der Waals surface area contributed by atoms with E-state index in [1.165, 1.54) is 5.56 Å². The molecule has 2 atom stereocenters. The first-order valence-electron chi connectivity index (χ1n) is 10.5. The van der Waals surface area contributed by atoms with E-state index in [1.54, 1.807) is 4.90 Å². The predicted molar refractivity (Wildman–Crippen MR) is 106 cm³/mol. The molecule has 1 aromatic rings. The molecule has 0 N–H and O–H groups in total. The predicted octanol–water partition coefficient (Wildman–Crippen LogP) is 2.92. The van der Waals surface area contributed by atoms with Gasteiger partial charge in [-0.15, -0.1) is 0 Å². The summed E-state index contributed by atoms with van der Waals surface area (Å²) in [7, 11) is 0. The lowest BCUT2D eigenvalue weighted by Gasteiger charge is -2.39. The van der Waals surface area contributed by atoms with Gasteiger partial charge in [0.15, 0.2) is 6.29 Å². The summed E-state index contributed by atoms with van der Waals surface area (Å²) in [5.74, 6) is 0.202. The van der Waals surface area contributed by atoms with E-state index in [0.29, 0.717) is 25.7 Å². The monoisotopic (exact) mass is 386 g/mol. The van der Waals surface area contributed by atoms with Crippen LogP contribution in [0.1, 0.15) is 51.0 Å². The van der Waals surface area contributed by atoms with Crippen molar-refractivity contribution in [2.45, 2.75) is 57.8 Å². The third-order valence-electron chi connectivity index (χ3n) is 6.12. The molecule has 6 nitrogen and oxygen atoms in total. The van der Waals surface area contributed by atoms with Crippen LogP contribution in [-0.2, 0) is 19.1 Å². The highest BCUT2D eigenvalue weighted by Gasteiger charge is 2.42. The average molecular weight is 386 g/mol. The maximum atomic E-state index is 13.3. The molecule has 3 fully saturated rings. The van der Waals surface area contributed by atoms with Gasteiger partial charge in [0.05, 0.1) is 25.2 Å². The van der Waals surface area contributed by atoms with Crippen molar-refractivity contribution in [3.63, 3.8) is 0 Å². The molecule has 0 saturated carbocycles. The van der Waals surface area contributed by atoms with Crippen molar-refractivity contribution in [1.82, 2.24) is 4.90 Å². The van der Waals surface area contributed by atoms with Gasteiger partial charge in [-0.25, -0.2) is 0 Å². The van der Waals surface area contributed by atoms with E-state index in [1.807, 2.05) is 17.0 Å². The van der Waals surface area contributed by atoms with Gasteiger partial charge in [0.25, 0.3) is 0 Å². The van der Waals surface area contributed by atoms with E-state index < -0.39 is 0 Å². The van der Waals surface area contributed by atoms with Crippen LogP contribution < -0.4 is 4.90 Å². The zero-order valence-electron chi connectivity index (χ0n) is 16.8. The largest absolute Gasteiger partial charge is 0.348 e. The molecule has 6 heteroatoms. The highest BCUT2D eigenvalue weighted by Crippen LogP contribution is 2.31. The van der Waals surface area contributed by atoms with Gasteiger partial charge in [0, 0.05) is 25.2 Å². The fourth-order valence-electron chi connectivity index (χ4n) is 4.52. The normalized spacial score (nSPS) is 26.5. The van der Waals surface area contributed by atoms with Gasteiger partial charge >= 0.3 is 0 Å². The number of nitrogens with zero attached hydrogens (tertiary/aromatic N) is 2. The number of hydrogen-bond acceptors (Lipinski definition) is 4. The third kappa shape index (κ3) is 3.80. The molecule has 0 aliphatic carbocycles. The Labute approximate surface area is 166 Å². The quantitative estimate of drug-likeness (QED) is 0.798. The molecule has 4 rings (SSSR count). The van der Waals surface area contributed by atoms with Crippen molar-refractivity contribution >= 4 is 17.5 Å². The maximum Gasteiger partial charge on any atom is 0.228 e. The summed E-state index contributed by atoms with van der Waals surface area (Å²) < 4.78 is 11.4. The maximum absolute atomic E-state index is 13.3. The summed E-state index contributed by atoms with van der Waals surface area (Å²) in [6.45, 7) is 6.63. The molecular weight excluding hydrogens is 356 g/mol. The van der Waals surface area contributed by atoms with Crippen LogP contribution in [0.15, 0.2) is 24.3 Å². The molecule has 2 amide bonds. The van der Waals surface area contributed by atoms with Crippen molar-refractivity contribution < 1.29 is 19.1 Å². The smallest absolute Gasteiger partial charge is 0.228 e. The van der Waals surface area contributed by atoms with Crippen molar-refractivity contribution in [3.05, 3.63) is 29.8 Å². The molecule has 3 heterocycles. The number of ether oxygens (including phenoxy) is 2. The van der Waals surface area contributed by atoms with Crippen LogP contribution in [0.3, 0.4) is 0 Å². The van der Waals surface area contributed by atoms with Gasteiger partial charge in [-0.1, -0.05) is 26.0 Å². The second kappa shape index (κ2) is 8.21. The topological polar surface area (TPSA) is 59.1 Å². The molecule has 3 saturated heterocycles. The highest BCUT2D eigenvalue weighted by molar-refractivity contribution is 6.00. The summed E-state index contributed by atoms with van der Waals surface area (Å²) in [6.07, 6.45) is 2.93. The number of carbonyl (C=O) groups is 2. The number of anilines is 1. The molecule has 1 aromatic carbocycles. The molecule has 0 aromatic heterocycles. The fourth-order valence-corrected chi connectivity index (χ4v) is 4.52. The van der Waals surface area contributed by atoms with Crippen LogP contribution in [0, 0.1) is 5.92 Å². The Balaban J connectivity index is 1.48. The Kier molecular flexibility index (Phi) is 5.69. The first-order chi connectivity index (χ1) is 13.5. The molecule has 0 spiro atoms. The SMILES string of the molecule is CC(C)c1cccc(N2CC(C(=O)N3CCCCC3C3OCCO3)CC2=O)c1. The molecule has 0 bridgehead atoms. The number of piperidine rings is 1. The van der Waals surface area contributed by atoms with Gasteiger partial charge < -0.3 is 19.3 Å². The van der Waals surface area contributed by atoms with E-state index >= 15 is 0 Å². The number of benzene rings is 1. The van der Waals surface area contributed by atoms with Crippen molar-refractivity contribution in [2.24, 2.45) is 5.92 Å². The molecule has 2 unspecified atom stereocenters. The van der Waals surface area contributed by atoms with Crippen LogP contribution in [0.5, 0.6) is 0 Å². The van der Waals surface area contributed by atoms with Crippen LogP contribution in [0.2, 0.25) is 0 Å². The summed E-state index contributed by atoms with van der Waals surface area (Å²) in [4.78, 5) is 29.7. The first kappa shape index (κ1) is 19.4. The van der Waals surface area contributed by atoms with E-state index in [2.05, 4.69) is 26.0 Å². The zero-order chi connectivity index (χ0) is 19.7. The molecule has 3 aliphatic heterocycles. The Morgan fingerprint density at radius 3 is 2.71 bits per heavy atom. The van der Waals surface area contributed by atoms with E-state index in [0.717, 1.165) is 31.5 Å². The number of rotatable bonds is 4. The number of likely N-dealkylation sites (tertiary alicyclic amines) is 1. The number of hydrogen-bond donors (Lipinski definition) is 0. The lowest BCUT2D eigenvalue weighted by atomic mass is 9.98. The molecule has 0 radical (unpaired) electrons. The van der Waals surface area contributed by atoms with E-state index in [-0.39, 0.29) is 36.5 Å². The summed E-state index contributed by atoms with van der Waals surface area (Å²) in [6, 6.07) is 8.07. The lowest BCUT2D eigenvalue weighted by Crippen LogP contribution is -2.52. The Bertz CT molecular complexity index is 729. The Morgan fingerprint density at radius 1 is 1.18 bits per heavy atom. The second-order valence-electron chi connectivity index (χ2n) is 8.36. The van der Waals surface area contributed by atoms with Crippen LogP contribution >= 0.6 is 0 Å². The van der Waals surface area contributed by atoms with Crippen molar-refractivity contribution in [1.29, 1.82) is 0 Å². The average Bonchev–Trinajstić information content (AvgIpc) is 3.37. The van der Waals surface area contributed by atoms with Gasteiger partial charge in [-0.2, -0.15) is 0 Å². The van der Waals surface area contributed by atoms with Gasteiger partial charge in [-0.05, 0) is 42.9 Å². The minimum atomic E-state index is -0.319. The third-order valence-corrected chi connectivity index (χ3v) is 6.12. The number of amides is 2. The van der Waals surface area contributed by atoms with Crippen molar-refractivity contribution in [3.8, 4) is 0 Å². The lowest BCUT2D eigenvalue weighted by molar-refractivity contribution is -0.154. The van der Waals surface area contributed by atoms with Crippen LogP contribution in [-0.4, -0.2) is 55.3 Å². The van der Waals surface area contributed by atoms with E-state index in [9.17, 15) is 9.59 Å². The molecule has 3 aliphatic rings. The van der Waals surface area contributed by atoms with Gasteiger partial charge in [0.1, 0.15) is 0 Å². The molecular formula is C22H30N2O4. The fraction of sp³-hybridized carbons (Fsp3) is 0.636. The van der Waals surface area contributed by atoms with Crippen LogP contribution in [0.25, 0.3) is 0 Å². The standard InChI is InChI=1S/C22H30N2O4/c1-15(2)16-6-5-7-18(12-16)24-14-17(13-20(24)25)21(26)23-9-4-3-8-19(23)22-27-10-11-28-22/h5-7,12,15,17,19,22H,3-4,8-11,13-14H2,1-2H3. The summed E-state index contributed by atoms with van der Waals surface area (Å²) >= 11 is 0. The summed E-state index contributed by atoms with van der Waals surface area (Å²) in [5.41, 5.74) is 2.09. The molecule has 28 heavy (non-hydrogen) atoms. The van der Waals surface area contributed by atoms with Gasteiger partial charge in [0.2, 0.25) is 11.8 Å². The minimum absolute atomic E-state index is 0.0289. The first-order valence-corrected chi connectivity index (χ1v) is 10.5. The Hall–Kier alpha value is -1.92. The molecule has 152 valence electrons. The number of carbonyl (C=O) groups excluding carboxylic acids is 2.